The van der Waals surface area contributed by atoms with E-state index in [1.165, 1.54) is 0 Å². The maximum absolute atomic E-state index is 11.6. The van der Waals surface area contributed by atoms with E-state index in [1.807, 2.05) is 0 Å². The monoisotopic (exact) mass is 329 g/mol. The molecule has 1 saturated heterocycles. The molecule has 0 bridgehead atoms. The Labute approximate surface area is 126 Å². The number of hydrogen-bond acceptors (Lipinski definition) is 5. The van der Waals surface area contributed by atoms with Gasteiger partial charge < -0.3 is 15.4 Å². The summed E-state index contributed by atoms with van der Waals surface area (Å²) in [5, 5.41) is 5.98. The van der Waals surface area contributed by atoms with E-state index in [4.69, 9.17) is 4.74 Å². The van der Waals surface area contributed by atoms with Gasteiger partial charge >= 0.3 is 0 Å². The number of halogens is 1. The molecule has 0 aliphatic carbocycles. The van der Waals surface area contributed by atoms with Gasteiger partial charge in [0.25, 0.3) is 0 Å². The smallest absolute Gasteiger partial charge is 0.235 e. The van der Waals surface area contributed by atoms with Gasteiger partial charge in [0.2, 0.25) is 15.9 Å². The van der Waals surface area contributed by atoms with E-state index in [9.17, 15) is 13.2 Å². The summed E-state index contributed by atoms with van der Waals surface area (Å²) in [4.78, 5) is 11.6. The predicted octanol–water partition coefficient (Wildman–Crippen LogP) is -0.768. The molecule has 0 aromatic carbocycles. The molecule has 1 heterocycles. The van der Waals surface area contributed by atoms with Crippen molar-refractivity contribution >= 4 is 28.3 Å². The van der Waals surface area contributed by atoms with Crippen LogP contribution in [0.4, 0.5) is 0 Å². The molecule has 7 nitrogen and oxygen atoms in total. The Kier molecular flexibility index (Phi) is 10.1. The normalized spacial score (nSPS) is 19.1. The third kappa shape index (κ3) is 8.70. The summed E-state index contributed by atoms with van der Waals surface area (Å²) < 4.78 is 30.3. The highest BCUT2D eigenvalue weighted by Crippen LogP contribution is 2.00. The minimum Gasteiger partial charge on any atom is -0.381 e. The number of carbonyl (C=O) groups excluding carboxylic acids is 1. The van der Waals surface area contributed by atoms with Gasteiger partial charge in [-0.15, -0.1) is 12.4 Å². The van der Waals surface area contributed by atoms with Crippen LogP contribution in [0.15, 0.2) is 0 Å². The Morgan fingerprint density at radius 3 is 2.80 bits per heavy atom. The highest BCUT2D eigenvalue weighted by molar-refractivity contribution is 7.89. The van der Waals surface area contributed by atoms with Crippen molar-refractivity contribution in [3.63, 3.8) is 0 Å². The van der Waals surface area contributed by atoms with Crippen LogP contribution < -0.4 is 15.4 Å². The fourth-order valence-electron chi connectivity index (χ4n) is 1.81. The third-order valence-electron chi connectivity index (χ3n) is 2.82. The molecule has 0 aromatic heterocycles. The zero-order chi connectivity index (χ0) is 14.1. The molecule has 3 N–H and O–H groups in total. The molecule has 0 spiro atoms. The van der Waals surface area contributed by atoms with Crippen LogP contribution in [-0.2, 0) is 19.6 Å². The number of rotatable bonds is 8. The first-order chi connectivity index (χ1) is 9.03. The molecule has 0 unspecified atom stereocenters. The zero-order valence-electron chi connectivity index (χ0n) is 11.7. The predicted molar refractivity (Wildman–Crippen MR) is 79.6 cm³/mol. The lowest BCUT2D eigenvalue weighted by Gasteiger charge is -2.23. The standard InChI is InChI=1S/C11H23N3O4S.ClH/c1-2-18-6-7-19(16,17)13-9-11(15)14-10-4-3-5-12-8-10;/h10,12-13H,2-9H2,1H3,(H,14,15);1H/t10-;/m0./s1. The second-order valence-corrected chi connectivity index (χ2v) is 6.37. The average Bonchev–Trinajstić information content (AvgIpc) is 2.38. The highest BCUT2D eigenvalue weighted by atomic mass is 35.5. The molecular weight excluding hydrogens is 306 g/mol. The van der Waals surface area contributed by atoms with E-state index in [2.05, 4.69) is 15.4 Å². The number of carbonyl (C=O) groups is 1. The summed E-state index contributed by atoms with van der Waals surface area (Å²) in [6, 6.07) is 0.0918. The van der Waals surface area contributed by atoms with Gasteiger partial charge in [0.15, 0.2) is 0 Å². The van der Waals surface area contributed by atoms with Crippen molar-refractivity contribution in [3.8, 4) is 0 Å². The Morgan fingerprint density at radius 1 is 1.45 bits per heavy atom. The lowest BCUT2D eigenvalue weighted by molar-refractivity contribution is -0.120. The van der Waals surface area contributed by atoms with Crippen LogP contribution in [0, 0.1) is 0 Å². The molecule has 1 aliphatic heterocycles. The molecule has 1 amide bonds. The largest absolute Gasteiger partial charge is 0.381 e. The number of amides is 1. The van der Waals surface area contributed by atoms with Crippen molar-refractivity contribution < 1.29 is 17.9 Å². The molecule has 1 aliphatic rings. The van der Waals surface area contributed by atoms with E-state index in [0.29, 0.717) is 6.61 Å². The van der Waals surface area contributed by atoms with E-state index < -0.39 is 10.0 Å². The van der Waals surface area contributed by atoms with E-state index in [-0.39, 0.29) is 43.3 Å². The van der Waals surface area contributed by atoms with E-state index in [0.717, 1.165) is 25.9 Å². The van der Waals surface area contributed by atoms with Crippen LogP contribution in [0.1, 0.15) is 19.8 Å². The quantitative estimate of drug-likeness (QED) is 0.508. The first kappa shape index (κ1) is 19.6. The fourth-order valence-corrected chi connectivity index (χ4v) is 2.65. The molecule has 0 saturated carbocycles. The van der Waals surface area contributed by atoms with Crippen molar-refractivity contribution in [3.05, 3.63) is 0 Å². The summed E-state index contributed by atoms with van der Waals surface area (Å²) in [6.45, 7) is 3.90. The van der Waals surface area contributed by atoms with Gasteiger partial charge in [-0.05, 0) is 26.3 Å². The van der Waals surface area contributed by atoms with Crippen LogP contribution in [0.25, 0.3) is 0 Å². The third-order valence-corrected chi connectivity index (χ3v) is 4.10. The van der Waals surface area contributed by atoms with Gasteiger partial charge in [0.05, 0.1) is 18.9 Å². The van der Waals surface area contributed by atoms with Crippen molar-refractivity contribution in [1.29, 1.82) is 0 Å². The molecular formula is C11H24ClN3O4S. The van der Waals surface area contributed by atoms with Crippen LogP contribution in [0.2, 0.25) is 0 Å². The summed E-state index contributed by atoms with van der Waals surface area (Å²) in [6.07, 6.45) is 1.95. The highest BCUT2D eigenvalue weighted by Gasteiger charge is 2.17. The molecule has 0 aromatic rings. The van der Waals surface area contributed by atoms with E-state index in [1.54, 1.807) is 6.92 Å². The SMILES string of the molecule is CCOCCS(=O)(=O)NCC(=O)N[C@H]1CCCNC1.Cl. The van der Waals surface area contributed by atoms with Gasteiger partial charge in [0.1, 0.15) is 0 Å². The van der Waals surface area contributed by atoms with Gasteiger partial charge in [-0.3, -0.25) is 4.79 Å². The summed E-state index contributed by atoms with van der Waals surface area (Å²) in [5.41, 5.74) is 0. The second-order valence-electron chi connectivity index (χ2n) is 4.45. The minimum atomic E-state index is -3.44. The van der Waals surface area contributed by atoms with Crippen molar-refractivity contribution in [1.82, 2.24) is 15.4 Å². The minimum absolute atomic E-state index is 0. The molecule has 1 atom stereocenters. The van der Waals surface area contributed by atoms with Crippen molar-refractivity contribution in [2.75, 3.05) is 38.6 Å². The Bertz CT molecular complexity index is 372. The molecule has 1 fully saturated rings. The molecule has 1 rings (SSSR count). The summed E-state index contributed by atoms with van der Waals surface area (Å²) >= 11 is 0. The van der Waals surface area contributed by atoms with Gasteiger partial charge in [-0.1, -0.05) is 0 Å². The average molecular weight is 330 g/mol. The first-order valence-electron chi connectivity index (χ1n) is 6.58. The summed E-state index contributed by atoms with van der Waals surface area (Å²) in [7, 11) is -3.44. The zero-order valence-corrected chi connectivity index (χ0v) is 13.3. The van der Waals surface area contributed by atoms with Gasteiger partial charge in [0, 0.05) is 19.2 Å². The van der Waals surface area contributed by atoms with Gasteiger partial charge in [-0.2, -0.15) is 0 Å². The Morgan fingerprint density at radius 2 is 2.20 bits per heavy atom. The van der Waals surface area contributed by atoms with Crippen molar-refractivity contribution in [2.24, 2.45) is 0 Å². The summed E-state index contributed by atoms with van der Waals surface area (Å²) in [5.74, 6) is -0.423. The van der Waals surface area contributed by atoms with Crippen LogP contribution in [0.3, 0.4) is 0 Å². The van der Waals surface area contributed by atoms with Gasteiger partial charge in [-0.25, -0.2) is 13.1 Å². The number of sulfonamides is 1. The number of hydrogen-bond donors (Lipinski definition) is 3. The molecule has 0 radical (unpaired) electrons. The number of piperidine rings is 1. The maximum atomic E-state index is 11.6. The lowest BCUT2D eigenvalue weighted by Crippen LogP contribution is -2.48. The molecule has 9 heteroatoms. The molecule has 20 heavy (non-hydrogen) atoms. The van der Waals surface area contributed by atoms with Crippen molar-refractivity contribution in [2.45, 2.75) is 25.8 Å². The fraction of sp³-hybridized carbons (Fsp3) is 0.909. The maximum Gasteiger partial charge on any atom is 0.235 e. The van der Waals surface area contributed by atoms with Crippen LogP contribution >= 0.6 is 12.4 Å². The topological polar surface area (TPSA) is 96.5 Å². The number of nitrogens with one attached hydrogen (secondary N) is 3. The van der Waals surface area contributed by atoms with Crippen LogP contribution in [-0.4, -0.2) is 59.0 Å². The second kappa shape index (κ2) is 10.3. The first-order valence-corrected chi connectivity index (χ1v) is 8.24. The molecule has 120 valence electrons. The van der Waals surface area contributed by atoms with E-state index >= 15 is 0 Å². The Balaban J connectivity index is 0.00000361. The number of ether oxygens (including phenoxy) is 1. The van der Waals surface area contributed by atoms with Crippen LogP contribution in [0.5, 0.6) is 0 Å². The lowest BCUT2D eigenvalue weighted by atomic mass is 10.1. The Hall–Kier alpha value is -0.410.